The highest BCUT2D eigenvalue weighted by Crippen LogP contribution is 2.28. The molecule has 150 valence electrons. The zero-order chi connectivity index (χ0) is 20.4. The summed E-state index contributed by atoms with van der Waals surface area (Å²) in [6.07, 6.45) is 1.59. The summed E-state index contributed by atoms with van der Waals surface area (Å²) in [7, 11) is -3.48. The number of carbonyl (C=O) groups excluding carboxylic acids is 1. The fourth-order valence-electron chi connectivity index (χ4n) is 3.45. The van der Waals surface area contributed by atoms with Crippen LogP contribution in [0.5, 0.6) is 0 Å². The highest BCUT2D eigenvalue weighted by Gasteiger charge is 2.29. The van der Waals surface area contributed by atoms with Crippen molar-refractivity contribution >= 4 is 33.0 Å². The minimum Gasteiger partial charge on any atom is -0.322 e. The molecule has 0 aliphatic carbocycles. The van der Waals surface area contributed by atoms with Crippen LogP contribution >= 0.6 is 11.3 Å². The van der Waals surface area contributed by atoms with Crippen molar-refractivity contribution in [1.82, 2.24) is 4.31 Å². The predicted molar refractivity (Wildman–Crippen MR) is 116 cm³/mol. The lowest BCUT2D eigenvalue weighted by molar-refractivity contribution is 0.102. The molecular formula is C22H22N2O3S2. The largest absolute Gasteiger partial charge is 0.322 e. The first-order valence-corrected chi connectivity index (χ1v) is 11.8. The van der Waals surface area contributed by atoms with Crippen molar-refractivity contribution in [2.75, 3.05) is 11.9 Å². The summed E-state index contributed by atoms with van der Waals surface area (Å²) in [5.41, 5.74) is 4.50. The van der Waals surface area contributed by atoms with Crippen molar-refractivity contribution in [3.8, 4) is 0 Å². The Hall–Kier alpha value is -2.48. The second kappa shape index (κ2) is 8.10. The number of aryl methyl sites for hydroxylation is 1. The summed E-state index contributed by atoms with van der Waals surface area (Å²) in [6.45, 7) is 2.84. The first-order chi connectivity index (χ1) is 14.0. The van der Waals surface area contributed by atoms with Gasteiger partial charge in [0, 0.05) is 24.3 Å². The van der Waals surface area contributed by atoms with Gasteiger partial charge in [0.2, 0.25) is 0 Å². The summed E-state index contributed by atoms with van der Waals surface area (Å²) >= 11 is 1.23. The first-order valence-electron chi connectivity index (χ1n) is 9.53. The van der Waals surface area contributed by atoms with E-state index in [-0.39, 0.29) is 5.91 Å². The molecule has 2 heterocycles. The smallest absolute Gasteiger partial charge is 0.255 e. The average molecular weight is 427 g/mol. The molecule has 1 aliphatic rings. The molecule has 2 aromatic carbocycles. The van der Waals surface area contributed by atoms with Gasteiger partial charge in [0.25, 0.3) is 15.9 Å². The molecular weight excluding hydrogens is 404 g/mol. The minimum atomic E-state index is -3.48. The molecule has 0 radical (unpaired) electrons. The third-order valence-electron chi connectivity index (χ3n) is 5.15. The van der Waals surface area contributed by atoms with E-state index in [1.54, 1.807) is 17.5 Å². The van der Waals surface area contributed by atoms with Crippen LogP contribution in [-0.2, 0) is 29.4 Å². The maximum Gasteiger partial charge on any atom is 0.255 e. The van der Waals surface area contributed by atoms with Crippen LogP contribution in [0, 0.1) is 0 Å². The lowest BCUT2D eigenvalue weighted by Crippen LogP contribution is -2.35. The normalized spacial score (nSPS) is 14.4. The van der Waals surface area contributed by atoms with Crippen molar-refractivity contribution < 1.29 is 13.2 Å². The number of thiophene rings is 1. The monoisotopic (exact) mass is 426 g/mol. The quantitative estimate of drug-likeness (QED) is 0.661. The molecule has 5 nitrogen and oxygen atoms in total. The standard InChI is InChI=1S/C22H22N2O3S2/c1-2-16-5-7-18(8-6-16)22(25)23-20-10-9-17-11-12-24(15-19(17)14-20)29(26,27)21-4-3-13-28-21/h3-10,13-14H,2,11-12,15H2,1H3,(H,23,25). The molecule has 0 saturated carbocycles. The molecule has 3 aromatic rings. The van der Waals surface area contributed by atoms with Gasteiger partial charge in [-0.3, -0.25) is 4.79 Å². The molecule has 0 saturated heterocycles. The Morgan fingerprint density at radius 3 is 2.59 bits per heavy atom. The lowest BCUT2D eigenvalue weighted by atomic mass is 10.0. The van der Waals surface area contributed by atoms with E-state index < -0.39 is 10.0 Å². The van der Waals surface area contributed by atoms with E-state index in [0.717, 1.165) is 17.5 Å². The fourth-order valence-corrected chi connectivity index (χ4v) is 6.01. The number of nitrogens with zero attached hydrogens (tertiary/aromatic N) is 1. The van der Waals surface area contributed by atoms with Crippen molar-refractivity contribution in [3.05, 3.63) is 82.2 Å². The van der Waals surface area contributed by atoms with E-state index in [2.05, 4.69) is 12.2 Å². The Kier molecular flexibility index (Phi) is 5.54. The minimum absolute atomic E-state index is 0.175. The number of amides is 1. The van der Waals surface area contributed by atoms with E-state index in [0.29, 0.717) is 35.0 Å². The SMILES string of the molecule is CCc1ccc(C(=O)Nc2ccc3c(c2)CN(S(=O)(=O)c2cccs2)CC3)cc1. The van der Waals surface area contributed by atoms with E-state index in [1.165, 1.54) is 21.2 Å². The van der Waals surface area contributed by atoms with Crippen LogP contribution in [0.2, 0.25) is 0 Å². The number of sulfonamides is 1. The highest BCUT2D eigenvalue weighted by molar-refractivity contribution is 7.91. The van der Waals surface area contributed by atoms with Crippen LogP contribution in [-0.4, -0.2) is 25.2 Å². The van der Waals surface area contributed by atoms with Crippen molar-refractivity contribution in [2.24, 2.45) is 0 Å². The van der Waals surface area contributed by atoms with Crippen LogP contribution < -0.4 is 5.32 Å². The summed E-state index contributed by atoms with van der Waals surface area (Å²) in [5, 5.41) is 4.69. The fraction of sp³-hybridized carbons (Fsp3) is 0.227. The maximum absolute atomic E-state index is 12.8. The third kappa shape index (κ3) is 4.12. The number of hydrogen-bond acceptors (Lipinski definition) is 4. The van der Waals surface area contributed by atoms with Crippen molar-refractivity contribution in [2.45, 2.75) is 30.5 Å². The van der Waals surface area contributed by atoms with Crippen molar-refractivity contribution in [1.29, 1.82) is 0 Å². The van der Waals surface area contributed by atoms with Gasteiger partial charge in [0.15, 0.2) is 0 Å². The molecule has 1 aliphatic heterocycles. The number of benzene rings is 2. The summed E-state index contributed by atoms with van der Waals surface area (Å²) in [6, 6.07) is 16.7. The summed E-state index contributed by atoms with van der Waals surface area (Å²) in [4.78, 5) is 12.5. The van der Waals surface area contributed by atoms with Gasteiger partial charge in [-0.1, -0.05) is 31.2 Å². The van der Waals surface area contributed by atoms with Crippen LogP contribution in [0.4, 0.5) is 5.69 Å². The number of nitrogens with one attached hydrogen (secondary N) is 1. The molecule has 1 aromatic heterocycles. The van der Waals surface area contributed by atoms with Gasteiger partial charge >= 0.3 is 0 Å². The van der Waals surface area contributed by atoms with Gasteiger partial charge in [-0.2, -0.15) is 4.31 Å². The van der Waals surface area contributed by atoms with Crippen LogP contribution in [0.25, 0.3) is 0 Å². The Bertz CT molecular complexity index is 1120. The van der Waals surface area contributed by atoms with E-state index in [4.69, 9.17) is 0 Å². The molecule has 0 atom stereocenters. The van der Waals surface area contributed by atoms with E-state index >= 15 is 0 Å². The molecule has 29 heavy (non-hydrogen) atoms. The number of hydrogen-bond donors (Lipinski definition) is 1. The maximum atomic E-state index is 12.8. The zero-order valence-electron chi connectivity index (χ0n) is 16.1. The van der Waals surface area contributed by atoms with Gasteiger partial charge in [0.1, 0.15) is 4.21 Å². The zero-order valence-corrected chi connectivity index (χ0v) is 17.7. The Morgan fingerprint density at radius 2 is 1.90 bits per heavy atom. The first kappa shape index (κ1) is 19.8. The van der Waals surface area contributed by atoms with Crippen LogP contribution in [0.15, 0.2) is 64.2 Å². The number of carbonyl (C=O) groups is 1. The molecule has 1 N–H and O–H groups in total. The number of anilines is 1. The molecule has 0 bridgehead atoms. The Labute approximate surface area is 175 Å². The second-order valence-electron chi connectivity index (χ2n) is 7.01. The van der Waals surface area contributed by atoms with E-state index in [1.807, 2.05) is 42.5 Å². The third-order valence-corrected chi connectivity index (χ3v) is 8.37. The summed E-state index contributed by atoms with van der Waals surface area (Å²) in [5.74, 6) is -0.175. The topological polar surface area (TPSA) is 66.5 Å². The molecule has 4 rings (SSSR count). The second-order valence-corrected chi connectivity index (χ2v) is 10.1. The molecule has 0 fully saturated rings. The van der Waals surface area contributed by atoms with Crippen molar-refractivity contribution in [3.63, 3.8) is 0 Å². The Balaban J connectivity index is 1.52. The molecule has 0 spiro atoms. The van der Waals surface area contributed by atoms with Gasteiger partial charge in [-0.25, -0.2) is 8.42 Å². The van der Waals surface area contributed by atoms with Gasteiger partial charge in [0.05, 0.1) is 0 Å². The van der Waals surface area contributed by atoms with Gasteiger partial charge < -0.3 is 5.32 Å². The lowest BCUT2D eigenvalue weighted by Gasteiger charge is -2.28. The molecule has 0 unspecified atom stereocenters. The van der Waals surface area contributed by atoms with Crippen LogP contribution in [0.3, 0.4) is 0 Å². The number of rotatable bonds is 5. The summed E-state index contributed by atoms with van der Waals surface area (Å²) < 4.78 is 27.5. The number of fused-ring (bicyclic) bond motifs is 1. The molecule has 7 heteroatoms. The molecule has 1 amide bonds. The highest BCUT2D eigenvalue weighted by atomic mass is 32.2. The average Bonchev–Trinajstić information content (AvgIpc) is 3.29. The Morgan fingerprint density at radius 1 is 1.10 bits per heavy atom. The van der Waals surface area contributed by atoms with Gasteiger partial charge in [-0.05, 0) is 65.2 Å². The van der Waals surface area contributed by atoms with Gasteiger partial charge in [-0.15, -0.1) is 11.3 Å². The van der Waals surface area contributed by atoms with E-state index in [9.17, 15) is 13.2 Å². The van der Waals surface area contributed by atoms with Crippen LogP contribution in [0.1, 0.15) is 34.0 Å². The predicted octanol–water partition coefficient (Wildman–Crippen LogP) is 4.31.